The highest BCUT2D eigenvalue weighted by Crippen LogP contribution is 2.18. The van der Waals surface area contributed by atoms with E-state index in [1.807, 2.05) is 36.1 Å². The lowest BCUT2D eigenvalue weighted by Gasteiger charge is -2.04. The number of imidazole rings is 1. The zero-order chi connectivity index (χ0) is 14.1. The number of fused-ring (bicyclic) bond motifs is 1. The number of rotatable bonds is 4. The smallest absolute Gasteiger partial charge is 0.179 e. The fourth-order valence-corrected chi connectivity index (χ4v) is 2.78. The van der Waals surface area contributed by atoms with Crippen molar-refractivity contribution in [3.05, 3.63) is 40.6 Å². The van der Waals surface area contributed by atoms with Gasteiger partial charge in [0.1, 0.15) is 5.52 Å². The van der Waals surface area contributed by atoms with Crippen molar-refractivity contribution in [2.24, 2.45) is 7.05 Å². The van der Waals surface area contributed by atoms with E-state index in [1.165, 1.54) is 0 Å². The van der Waals surface area contributed by atoms with Gasteiger partial charge in [-0.1, -0.05) is 13.0 Å². The minimum absolute atomic E-state index is 0.749. The highest BCUT2D eigenvalue weighted by molar-refractivity contribution is 7.71. The van der Waals surface area contributed by atoms with Gasteiger partial charge in [-0.05, 0) is 30.8 Å². The van der Waals surface area contributed by atoms with Crippen LogP contribution in [0.4, 0.5) is 0 Å². The molecule has 20 heavy (non-hydrogen) atoms. The second-order valence-corrected chi connectivity index (χ2v) is 5.16. The predicted octanol–water partition coefficient (Wildman–Crippen LogP) is 2.63. The molecule has 0 aromatic carbocycles. The van der Waals surface area contributed by atoms with Crippen LogP contribution in [0.15, 0.2) is 24.4 Å². The summed E-state index contributed by atoms with van der Waals surface area (Å²) in [6.07, 6.45) is 3.57. The summed E-state index contributed by atoms with van der Waals surface area (Å²) in [4.78, 5) is 7.63. The van der Waals surface area contributed by atoms with Crippen LogP contribution in [0.25, 0.3) is 11.2 Å². The van der Waals surface area contributed by atoms with Crippen molar-refractivity contribution in [2.75, 3.05) is 0 Å². The Morgan fingerprint density at radius 3 is 2.90 bits per heavy atom. The Labute approximate surface area is 122 Å². The van der Waals surface area contributed by atoms with Crippen molar-refractivity contribution in [3.8, 4) is 0 Å². The fraction of sp³-hybridized carbons (Fsp3) is 0.357. The number of aromatic nitrogens is 5. The molecule has 0 amide bonds. The van der Waals surface area contributed by atoms with Crippen molar-refractivity contribution in [3.63, 3.8) is 0 Å². The van der Waals surface area contributed by atoms with E-state index in [9.17, 15) is 0 Å². The lowest BCUT2D eigenvalue weighted by molar-refractivity contribution is 0.656. The molecule has 0 aliphatic heterocycles. The summed E-state index contributed by atoms with van der Waals surface area (Å²) >= 11 is 5.44. The Bertz CT molecular complexity index is 781. The lowest BCUT2D eigenvalue weighted by atomic mass is 10.2. The molecule has 5 nitrogen and oxygen atoms in total. The normalized spacial score (nSPS) is 11.3. The topological polar surface area (TPSA) is 51.4 Å². The summed E-state index contributed by atoms with van der Waals surface area (Å²) in [6, 6.07) is 5.97. The summed E-state index contributed by atoms with van der Waals surface area (Å²) in [5.74, 6) is 0. The standard InChI is InChI=1S/C14H17N5S/c1-3-11-12-13(18(2)17-11)19(14(20)16-12)9-7-10-6-4-5-8-15-10/h4-6,8H,3,7,9H2,1-2H3,(H,16,20). The van der Waals surface area contributed by atoms with Gasteiger partial charge in [0.15, 0.2) is 10.4 Å². The Morgan fingerprint density at radius 1 is 1.35 bits per heavy atom. The summed E-state index contributed by atoms with van der Waals surface area (Å²) < 4.78 is 4.75. The molecule has 0 spiro atoms. The zero-order valence-corrected chi connectivity index (χ0v) is 12.4. The van der Waals surface area contributed by atoms with Gasteiger partial charge in [-0.15, -0.1) is 0 Å². The van der Waals surface area contributed by atoms with Crippen LogP contribution >= 0.6 is 12.2 Å². The molecular weight excluding hydrogens is 270 g/mol. The van der Waals surface area contributed by atoms with Gasteiger partial charge in [0.25, 0.3) is 0 Å². The maximum atomic E-state index is 5.44. The summed E-state index contributed by atoms with van der Waals surface area (Å²) in [7, 11) is 1.96. The Kier molecular flexibility index (Phi) is 3.40. The first-order chi connectivity index (χ1) is 9.70. The highest BCUT2D eigenvalue weighted by atomic mass is 32.1. The molecule has 1 N–H and O–H groups in total. The molecule has 3 aromatic heterocycles. The quantitative estimate of drug-likeness (QED) is 0.751. The molecule has 3 heterocycles. The van der Waals surface area contributed by atoms with Crippen molar-refractivity contribution in [1.29, 1.82) is 0 Å². The van der Waals surface area contributed by atoms with E-state index in [0.717, 1.165) is 46.7 Å². The molecule has 0 bridgehead atoms. The molecule has 0 fully saturated rings. The van der Waals surface area contributed by atoms with Crippen LogP contribution in [0, 0.1) is 4.77 Å². The maximum absolute atomic E-state index is 5.44. The first kappa shape index (κ1) is 13.1. The highest BCUT2D eigenvalue weighted by Gasteiger charge is 2.13. The summed E-state index contributed by atoms with van der Waals surface area (Å²) in [6.45, 7) is 2.91. The van der Waals surface area contributed by atoms with Crippen LogP contribution < -0.4 is 0 Å². The van der Waals surface area contributed by atoms with Crippen molar-refractivity contribution in [1.82, 2.24) is 24.3 Å². The van der Waals surface area contributed by atoms with E-state index in [4.69, 9.17) is 12.2 Å². The van der Waals surface area contributed by atoms with Crippen molar-refractivity contribution in [2.45, 2.75) is 26.3 Å². The molecule has 6 heteroatoms. The van der Waals surface area contributed by atoms with Gasteiger partial charge in [-0.2, -0.15) is 5.10 Å². The predicted molar refractivity (Wildman–Crippen MR) is 81.2 cm³/mol. The lowest BCUT2D eigenvalue weighted by Crippen LogP contribution is -2.06. The monoisotopic (exact) mass is 287 g/mol. The Balaban J connectivity index is 1.97. The molecule has 3 aromatic rings. The van der Waals surface area contributed by atoms with Gasteiger partial charge in [-0.25, -0.2) is 0 Å². The molecule has 0 aliphatic carbocycles. The molecule has 3 rings (SSSR count). The van der Waals surface area contributed by atoms with Crippen molar-refractivity contribution < 1.29 is 0 Å². The fourth-order valence-electron chi connectivity index (χ4n) is 2.50. The third-order valence-electron chi connectivity index (χ3n) is 3.47. The molecule has 104 valence electrons. The van der Waals surface area contributed by atoms with Gasteiger partial charge in [-0.3, -0.25) is 9.67 Å². The summed E-state index contributed by atoms with van der Waals surface area (Å²) in [5.41, 5.74) is 4.25. The van der Waals surface area contributed by atoms with Crippen LogP contribution in [0.3, 0.4) is 0 Å². The number of H-pyrrole nitrogens is 1. The minimum atomic E-state index is 0.749. The van der Waals surface area contributed by atoms with Gasteiger partial charge in [0.05, 0.1) is 5.69 Å². The van der Waals surface area contributed by atoms with E-state index in [-0.39, 0.29) is 0 Å². The number of hydrogen-bond acceptors (Lipinski definition) is 3. The molecule has 0 radical (unpaired) electrons. The van der Waals surface area contributed by atoms with Gasteiger partial charge in [0, 0.05) is 31.9 Å². The Morgan fingerprint density at radius 2 is 2.20 bits per heavy atom. The molecule has 0 saturated carbocycles. The molecular formula is C14H17N5S. The number of aryl methyl sites for hydroxylation is 4. The molecule has 0 saturated heterocycles. The van der Waals surface area contributed by atoms with E-state index in [2.05, 4.69) is 26.6 Å². The average molecular weight is 287 g/mol. The molecule has 0 aliphatic rings. The first-order valence-electron chi connectivity index (χ1n) is 6.75. The third kappa shape index (κ3) is 2.16. The maximum Gasteiger partial charge on any atom is 0.179 e. The van der Waals surface area contributed by atoms with E-state index in [1.54, 1.807) is 0 Å². The van der Waals surface area contributed by atoms with Crippen LogP contribution in [0.5, 0.6) is 0 Å². The number of nitrogens with zero attached hydrogens (tertiary/aromatic N) is 4. The van der Waals surface area contributed by atoms with Gasteiger partial charge in [0.2, 0.25) is 0 Å². The Hall–Kier alpha value is -1.95. The van der Waals surface area contributed by atoms with E-state index < -0.39 is 0 Å². The number of pyridine rings is 1. The second kappa shape index (κ2) is 5.20. The zero-order valence-electron chi connectivity index (χ0n) is 11.6. The van der Waals surface area contributed by atoms with E-state index in [0.29, 0.717) is 0 Å². The number of nitrogens with one attached hydrogen (secondary N) is 1. The SMILES string of the molecule is CCc1nn(C)c2c1[nH]c(=S)n2CCc1ccccn1. The molecule has 0 atom stereocenters. The van der Waals surface area contributed by atoms with Gasteiger partial charge >= 0.3 is 0 Å². The first-order valence-corrected chi connectivity index (χ1v) is 7.15. The van der Waals surface area contributed by atoms with Crippen LogP contribution in [0.2, 0.25) is 0 Å². The van der Waals surface area contributed by atoms with Crippen LogP contribution in [0.1, 0.15) is 18.3 Å². The van der Waals surface area contributed by atoms with Crippen LogP contribution in [-0.2, 0) is 26.4 Å². The third-order valence-corrected chi connectivity index (χ3v) is 3.80. The molecule has 0 unspecified atom stereocenters. The number of aromatic amines is 1. The van der Waals surface area contributed by atoms with Gasteiger partial charge < -0.3 is 9.55 Å². The second-order valence-electron chi connectivity index (χ2n) is 4.78. The van der Waals surface area contributed by atoms with Crippen LogP contribution in [-0.4, -0.2) is 24.3 Å². The van der Waals surface area contributed by atoms with Crippen molar-refractivity contribution >= 4 is 23.4 Å². The minimum Gasteiger partial charge on any atom is -0.328 e. The average Bonchev–Trinajstić information content (AvgIpc) is 2.95. The summed E-state index contributed by atoms with van der Waals surface area (Å²) in [5, 5.41) is 4.53. The van der Waals surface area contributed by atoms with E-state index >= 15 is 0 Å². The largest absolute Gasteiger partial charge is 0.328 e. The number of hydrogen-bond donors (Lipinski definition) is 1.